The van der Waals surface area contributed by atoms with E-state index in [1.54, 1.807) is 0 Å². The Morgan fingerprint density at radius 3 is 1.65 bits per heavy atom. The first-order valence-corrected chi connectivity index (χ1v) is 18.3. The first-order valence-electron chi connectivity index (χ1n) is 18.3. The van der Waals surface area contributed by atoms with E-state index in [0.29, 0.717) is 11.8 Å². The number of pyridine rings is 1. The molecule has 0 saturated carbocycles. The summed E-state index contributed by atoms with van der Waals surface area (Å²) in [4.78, 5) is 9.98. The van der Waals surface area contributed by atoms with E-state index in [9.17, 15) is 0 Å². The molecule has 0 aliphatic carbocycles. The SMILES string of the molecule is CC(C)c1cccc(C(C)C)c1-n1ccnc1-c1cccc(C(c2ccccc2)(c2ccccc2)c2cccc(-c3nccc4ccccc34)c2)c1. The number of hydrogen-bond acceptors (Lipinski definition) is 2. The Labute approximate surface area is 307 Å². The molecule has 8 aromatic rings. The molecule has 0 N–H and O–H groups in total. The molecule has 6 aromatic carbocycles. The minimum atomic E-state index is -0.643. The van der Waals surface area contributed by atoms with E-state index in [2.05, 4.69) is 196 Å². The summed E-state index contributed by atoms with van der Waals surface area (Å²) in [7, 11) is 0. The van der Waals surface area contributed by atoms with Gasteiger partial charge in [0.2, 0.25) is 0 Å². The first-order chi connectivity index (χ1) is 25.5. The number of nitrogens with zero attached hydrogens (tertiary/aromatic N) is 3. The van der Waals surface area contributed by atoms with Crippen molar-refractivity contribution in [2.24, 2.45) is 0 Å². The van der Waals surface area contributed by atoms with Crippen molar-refractivity contribution in [3.63, 3.8) is 0 Å². The lowest BCUT2D eigenvalue weighted by Crippen LogP contribution is -2.31. The number of imidazole rings is 1. The molecule has 2 aromatic heterocycles. The van der Waals surface area contributed by atoms with Gasteiger partial charge in [-0.15, -0.1) is 0 Å². The lowest BCUT2D eigenvalue weighted by Gasteiger charge is -2.37. The van der Waals surface area contributed by atoms with Crippen LogP contribution < -0.4 is 0 Å². The van der Waals surface area contributed by atoms with Gasteiger partial charge in [-0.1, -0.05) is 167 Å². The second-order valence-corrected chi connectivity index (χ2v) is 14.2. The van der Waals surface area contributed by atoms with E-state index in [1.807, 2.05) is 12.4 Å². The van der Waals surface area contributed by atoms with Crippen LogP contribution in [-0.4, -0.2) is 14.5 Å². The van der Waals surface area contributed by atoms with Gasteiger partial charge in [-0.3, -0.25) is 9.55 Å². The van der Waals surface area contributed by atoms with Crippen LogP contribution in [0, 0.1) is 0 Å². The Balaban J connectivity index is 1.39. The van der Waals surface area contributed by atoms with E-state index < -0.39 is 5.41 Å². The molecule has 0 spiro atoms. The summed E-state index contributed by atoms with van der Waals surface area (Å²) in [6.45, 7) is 9.10. The van der Waals surface area contributed by atoms with E-state index in [4.69, 9.17) is 9.97 Å². The van der Waals surface area contributed by atoms with Crippen LogP contribution in [0.4, 0.5) is 0 Å². The second-order valence-electron chi connectivity index (χ2n) is 14.2. The molecule has 254 valence electrons. The van der Waals surface area contributed by atoms with Crippen LogP contribution in [0.25, 0.3) is 39.1 Å². The Morgan fingerprint density at radius 1 is 0.481 bits per heavy atom. The van der Waals surface area contributed by atoms with Crippen LogP contribution in [0.2, 0.25) is 0 Å². The van der Waals surface area contributed by atoms with Crippen LogP contribution >= 0.6 is 0 Å². The van der Waals surface area contributed by atoms with Crippen LogP contribution in [-0.2, 0) is 5.41 Å². The van der Waals surface area contributed by atoms with Crippen molar-refractivity contribution >= 4 is 10.8 Å². The average molecular weight is 674 g/mol. The fourth-order valence-corrected chi connectivity index (χ4v) is 8.00. The van der Waals surface area contributed by atoms with Crippen molar-refractivity contribution in [2.45, 2.75) is 44.9 Å². The molecule has 0 amide bonds. The van der Waals surface area contributed by atoms with E-state index in [0.717, 1.165) is 28.0 Å². The highest BCUT2D eigenvalue weighted by Gasteiger charge is 2.39. The Kier molecular flexibility index (Phi) is 8.86. The highest BCUT2D eigenvalue weighted by Crippen LogP contribution is 2.47. The zero-order valence-electron chi connectivity index (χ0n) is 30.2. The summed E-state index contributed by atoms with van der Waals surface area (Å²) in [5.74, 6) is 1.66. The van der Waals surface area contributed by atoms with Crippen molar-refractivity contribution in [2.75, 3.05) is 0 Å². The number of fused-ring (bicyclic) bond motifs is 1. The topological polar surface area (TPSA) is 30.7 Å². The van der Waals surface area contributed by atoms with Crippen LogP contribution in [0.3, 0.4) is 0 Å². The third-order valence-electron chi connectivity index (χ3n) is 10.4. The highest BCUT2D eigenvalue weighted by molar-refractivity contribution is 5.94. The summed E-state index contributed by atoms with van der Waals surface area (Å²) in [5, 5.41) is 2.32. The van der Waals surface area contributed by atoms with Gasteiger partial charge in [0.25, 0.3) is 0 Å². The van der Waals surface area contributed by atoms with E-state index in [1.165, 1.54) is 44.5 Å². The monoisotopic (exact) mass is 673 g/mol. The molecule has 3 nitrogen and oxygen atoms in total. The molecule has 0 saturated heterocycles. The molecule has 0 fully saturated rings. The van der Waals surface area contributed by atoms with Crippen LogP contribution in [0.1, 0.15) is 72.9 Å². The fourth-order valence-electron chi connectivity index (χ4n) is 8.00. The summed E-state index contributed by atoms with van der Waals surface area (Å²) in [5.41, 5.74) is 11.1. The van der Waals surface area contributed by atoms with Gasteiger partial charge < -0.3 is 0 Å². The van der Waals surface area contributed by atoms with E-state index in [-0.39, 0.29) is 0 Å². The average Bonchev–Trinajstić information content (AvgIpc) is 3.69. The van der Waals surface area contributed by atoms with Gasteiger partial charge in [-0.2, -0.15) is 0 Å². The van der Waals surface area contributed by atoms with Gasteiger partial charge >= 0.3 is 0 Å². The Bertz CT molecular complexity index is 2400. The summed E-state index contributed by atoms with van der Waals surface area (Å²) in [6, 6.07) is 57.2. The first kappa shape index (κ1) is 33.1. The Morgan fingerprint density at radius 2 is 1.02 bits per heavy atom. The molecule has 0 aliphatic rings. The van der Waals surface area contributed by atoms with Crippen molar-refractivity contribution in [1.29, 1.82) is 0 Å². The molecule has 8 rings (SSSR count). The van der Waals surface area contributed by atoms with Crippen molar-refractivity contribution < 1.29 is 0 Å². The molecular formula is C49H43N3. The predicted molar refractivity (Wildman–Crippen MR) is 216 cm³/mol. The quantitative estimate of drug-likeness (QED) is 0.143. The smallest absolute Gasteiger partial charge is 0.144 e. The molecular weight excluding hydrogens is 631 g/mol. The van der Waals surface area contributed by atoms with Crippen LogP contribution in [0.15, 0.2) is 176 Å². The number of para-hydroxylation sites is 1. The van der Waals surface area contributed by atoms with Crippen molar-refractivity contribution in [1.82, 2.24) is 14.5 Å². The summed E-state index contributed by atoms with van der Waals surface area (Å²) >= 11 is 0. The number of rotatable bonds is 9. The third kappa shape index (κ3) is 5.73. The third-order valence-corrected chi connectivity index (χ3v) is 10.4. The number of hydrogen-bond donors (Lipinski definition) is 0. The number of benzene rings is 6. The normalized spacial score (nSPS) is 11.8. The molecule has 52 heavy (non-hydrogen) atoms. The largest absolute Gasteiger partial charge is 0.299 e. The van der Waals surface area contributed by atoms with Gasteiger partial charge in [0.1, 0.15) is 5.82 Å². The fraction of sp³-hybridized carbons (Fsp3) is 0.143. The van der Waals surface area contributed by atoms with Crippen LogP contribution in [0.5, 0.6) is 0 Å². The van der Waals surface area contributed by atoms with Crippen molar-refractivity contribution in [3.8, 4) is 28.3 Å². The maximum absolute atomic E-state index is 5.04. The summed E-state index contributed by atoms with van der Waals surface area (Å²) in [6.07, 6.45) is 5.97. The minimum Gasteiger partial charge on any atom is -0.299 e. The molecule has 0 atom stereocenters. The maximum atomic E-state index is 5.04. The zero-order valence-corrected chi connectivity index (χ0v) is 30.2. The summed E-state index contributed by atoms with van der Waals surface area (Å²) < 4.78 is 2.31. The van der Waals surface area contributed by atoms with Gasteiger partial charge in [-0.25, -0.2) is 4.98 Å². The van der Waals surface area contributed by atoms with Crippen molar-refractivity contribution in [3.05, 3.63) is 210 Å². The van der Waals surface area contributed by atoms with Gasteiger partial charge in [0.15, 0.2) is 0 Å². The predicted octanol–water partition coefficient (Wildman–Crippen LogP) is 12.4. The number of aromatic nitrogens is 3. The molecule has 0 unspecified atom stereocenters. The maximum Gasteiger partial charge on any atom is 0.144 e. The minimum absolute atomic E-state index is 0.364. The van der Waals surface area contributed by atoms with Gasteiger partial charge in [0, 0.05) is 35.1 Å². The lowest BCUT2D eigenvalue weighted by atomic mass is 9.64. The molecule has 0 aliphatic heterocycles. The van der Waals surface area contributed by atoms with Gasteiger partial charge in [-0.05, 0) is 68.8 Å². The molecule has 2 heterocycles. The lowest BCUT2D eigenvalue weighted by molar-refractivity contribution is 0.745. The molecule has 0 radical (unpaired) electrons. The standard InChI is InChI=1S/C49H43N3/c1-34(2)43-26-15-27-44(35(3)4)47(43)52-31-30-51-48(52)38-18-14-24-42(33-38)49(39-19-7-5-8-20-39,40-21-9-6-10-22-40)41-23-13-17-37(32-41)46-45-25-12-11-16-36(45)28-29-50-46/h5-35H,1-4H3. The zero-order chi connectivity index (χ0) is 35.7. The van der Waals surface area contributed by atoms with Gasteiger partial charge in [0.05, 0.1) is 16.8 Å². The Hall–Kier alpha value is -6.06. The highest BCUT2D eigenvalue weighted by atomic mass is 15.1. The molecule has 0 bridgehead atoms. The van der Waals surface area contributed by atoms with E-state index >= 15 is 0 Å². The molecule has 3 heteroatoms. The second kappa shape index (κ2) is 13.9.